The van der Waals surface area contributed by atoms with E-state index in [4.69, 9.17) is 5.73 Å². The zero-order valence-corrected chi connectivity index (χ0v) is 11.7. The monoisotopic (exact) mass is 298 g/mol. The second-order valence-electron chi connectivity index (χ2n) is 4.74. The molecule has 0 radical (unpaired) electrons. The van der Waals surface area contributed by atoms with Crippen LogP contribution >= 0.6 is 15.9 Å². The Bertz CT molecular complexity index is 395. The van der Waals surface area contributed by atoms with Crippen LogP contribution in [0.4, 0.5) is 5.69 Å². The summed E-state index contributed by atoms with van der Waals surface area (Å²) < 4.78 is 1.05. The van der Waals surface area contributed by atoms with Crippen molar-refractivity contribution in [2.24, 2.45) is 5.73 Å². The lowest BCUT2D eigenvalue weighted by Crippen LogP contribution is -2.38. The molecule has 17 heavy (non-hydrogen) atoms. The lowest BCUT2D eigenvalue weighted by Gasteiger charge is -2.32. The molecule has 1 unspecified atom stereocenters. The van der Waals surface area contributed by atoms with Crippen molar-refractivity contribution in [2.45, 2.75) is 31.9 Å². The van der Waals surface area contributed by atoms with Crippen LogP contribution in [0, 0.1) is 0 Å². The van der Waals surface area contributed by atoms with Crippen LogP contribution in [0.15, 0.2) is 22.7 Å². The molecule has 0 bridgehead atoms. The minimum atomic E-state index is -0.198. The number of rotatable bonds is 2. The maximum Gasteiger partial charge on any atom is 0.0715 e. The zero-order chi connectivity index (χ0) is 12.4. The largest absolute Gasteiger partial charge is 0.391 e. The molecule has 2 atom stereocenters. The fourth-order valence-corrected chi connectivity index (χ4v) is 3.00. The summed E-state index contributed by atoms with van der Waals surface area (Å²) in [5.41, 5.74) is 8.15. The SMILES string of the molecule is C[C@@H](N)c1ccc(N2CCCC(O)C2)cc1Br. The molecule has 1 aromatic carbocycles. The van der Waals surface area contributed by atoms with Gasteiger partial charge in [0.1, 0.15) is 0 Å². The van der Waals surface area contributed by atoms with Gasteiger partial charge in [0.05, 0.1) is 6.10 Å². The highest BCUT2D eigenvalue weighted by Crippen LogP contribution is 2.28. The van der Waals surface area contributed by atoms with Gasteiger partial charge >= 0.3 is 0 Å². The predicted octanol–water partition coefficient (Wildman–Crippen LogP) is 2.43. The minimum Gasteiger partial charge on any atom is -0.391 e. The van der Waals surface area contributed by atoms with Gasteiger partial charge in [-0.15, -0.1) is 0 Å². The Kier molecular flexibility index (Phi) is 4.07. The van der Waals surface area contributed by atoms with Crippen LogP contribution in [-0.4, -0.2) is 24.3 Å². The van der Waals surface area contributed by atoms with Gasteiger partial charge < -0.3 is 15.7 Å². The average Bonchev–Trinajstić information content (AvgIpc) is 2.28. The lowest BCUT2D eigenvalue weighted by molar-refractivity contribution is 0.154. The van der Waals surface area contributed by atoms with Crippen LogP contribution in [0.3, 0.4) is 0 Å². The number of β-amino-alcohol motifs (C(OH)–C–C–N with tert-alkyl or cyclic N) is 1. The van der Waals surface area contributed by atoms with Crippen LogP contribution in [0.5, 0.6) is 0 Å². The van der Waals surface area contributed by atoms with Crippen molar-refractivity contribution < 1.29 is 5.11 Å². The Labute approximate surface area is 111 Å². The third kappa shape index (κ3) is 3.00. The number of aliphatic hydroxyl groups is 1. The molecule has 2 rings (SSSR count). The van der Waals surface area contributed by atoms with Gasteiger partial charge in [-0.25, -0.2) is 0 Å². The van der Waals surface area contributed by atoms with Crippen molar-refractivity contribution in [1.29, 1.82) is 0 Å². The van der Waals surface area contributed by atoms with Gasteiger partial charge in [0.2, 0.25) is 0 Å². The molecule has 1 aromatic rings. The molecule has 3 nitrogen and oxygen atoms in total. The first-order chi connectivity index (χ1) is 8.08. The molecule has 1 aliphatic rings. The van der Waals surface area contributed by atoms with Crippen LogP contribution in [0.1, 0.15) is 31.4 Å². The number of benzene rings is 1. The van der Waals surface area contributed by atoms with E-state index >= 15 is 0 Å². The second-order valence-corrected chi connectivity index (χ2v) is 5.59. The van der Waals surface area contributed by atoms with E-state index in [0.29, 0.717) is 0 Å². The molecule has 1 fully saturated rings. The second kappa shape index (κ2) is 5.38. The predicted molar refractivity (Wildman–Crippen MR) is 74.2 cm³/mol. The number of halogens is 1. The number of hydrogen-bond acceptors (Lipinski definition) is 3. The maximum atomic E-state index is 9.68. The fourth-order valence-electron chi connectivity index (χ4n) is 2.27. The van der Waals surface area contributed by atoms with E-state index in [1.54, 1.807) is 0 Å². The van der Waals surface area contributed by atoms with Crippen molar-refractivity contribution in [3.8, 4) is 0 Å². The summed E-state index contributed by atoms with van der Waals surface area (Å²) in [4.78, 5) is 2.23. The van der Waals surface area contributed by atoms with Gasteiger partial charge in [0.15, 0.2) is 0 Å². The topological polar surface area (TPSA) is 49.5 Å². The third-order valence-electron chi connectivity index (χ3n) is 3.24. The summed E-state index contributed by atoms with van der Waals surface area (Å²) in [5.74, 6) is 0. The van der Waals surface area contributed by atoms with Crippen molar-refractivity contribution in [3.63, 3.8) is 0 Å². The molecule has 0 aromatic heterocycles. The molecule has 1 aliphatic heterocycles. The Balaban J connectivity index is 2.19. The number of hydrogen-bond donors (Lipinski definition) is 2. The van der Waals surface area contributed by atoms with Crippen molar-refractivity contribution in [3.05, 3.63) is 28.2 Å². The van der Waals surface area contributed by atoms with Gasteiger partial charge in [-0.1, -0.05) is 22.0 Å². The number of nitrogens with zero attached hydrogens (tertiary/aromatic N) is 1. The smallest absolute Gasteiger partial charge is 0.0715 e. The van der Waals surface area contributed by atoms with E-state index < -0.39 is 0 Å². The summed E-state index contributed by atoms with van der Waals surface area (Å²) in [6, 6.07) is 6.27. The Hall–Kier alpha value is -0.580. The summed E-state index contributed by atoms with van der Waals surface area (Å²) in [7, 11) is 0. The number of piperidine rings is 1. The highest BCUT2D eigenvalue weighted by atomic mass is 79.9. The summed E-state index contributed by atoms with van der Waals surface area (Å²) in [5, 5.41) is 9.68. The molecular weight excluding hydrogens is 280 g/mol. The first kappa shape index (κ1) is 12.9. The van der Waals surface area contributed by atoms with E-state index in [2.05, 4.69) is 39.0 Å². The molecular formula is C13H19BrN2O. The van der Waals surface area contributed by atoms with E-state index in [-0.39, 0.29) is 12.1 Å². The molecule has 1 saturated heterocycles. The van der Waals surface area contributed by atoms with Gasteiger partial charge in [0, 0.05) is 29.3 Å². The quantitative estimate of drug-likeness (QED) is 0.882. The van der Waals surface area contributed by atoms with E-state index in [1.165, 1.54) is 0 Å². The molecule has 0 spiro atoms. The van der Waals surface area contributed by atoms with Crippen molar-refractivity contribution in [2.75, 3.05) is 18.0 Å². The Morgan fingerprint density at radius 3 is 2.88 bits per heavy atom. The Morgan fingerprint density at radius 2 is 2.29 bits per heavy atom. The highest BCUT2D eigenvalue weighted by molar-refractivity contribution is 9.10. The highest BCUT2D eigenvalue weighted by Gasteiger charge is 2.18. The molecule has 94 valence electrons. The number of nitrogens with two attached hydrogens (primary N) is 1. The van der Waals surface area contributed by atoms with E-state index in [9.17, 15) is 5.11 Å². The van der Waals surface area contributed by atoms with Crippen LogP contribution < -0.4 is 10.6 Å². The van der Waals surface area contributed by atoms with Crippen LogP contribution in [0.2, 0.25) is 0 Å². The fraction of sp³-hybridized carbons (Fsp3) is 0.538. The van der Waals surface area contributed by atoms with Gasteiger partial charge in [0.25, 0.3) is 0 Å². The standard InChI is InChI=1S/C13H19BrN2O/c1-9(15)12-5-4-10(7-13(12)14)16-6-2-3-11(17)8-16/h4-5,7,9,11,17H,2-3,6,8,15H2,1H3/t9-,11?/m1/s1. The normalized spacial score (nSPS) is 22.6. The van der Waals surface area contributed by atoms with Gasteiger partial charge in [-0.05, 0) is 37.5 Å². The van der Waals surface area contributed by atoms with Gasteiger partial charge in [-0.2, -0.15) is 0 Å². The van der Waals surface area contributed by atoms with Crippen LogP contribution in [0.25, 0.3) is 0 Å². The van der Waals surface area contributed by atoms with Crippen molar-refractivity contribution in [1.82, 2.24) is 0 Å². The third-order valence-corrected chi connectivity index (χ3v) is 3.92. The molecule has 1 heterocycles. The molecule has 4 heteroatoms. The van der Waals surface area contributed by atoms with Crippen LogP contribution in [-0.2, 0) is 0 Å². The lowest BCUT2D eigenvalue weighted by atomic mass is 10.1. The first-order valence-electron chi connectivity index (χ1n) is 6.06. The first-order valence-corrected chi connectivity index (χ1v) is 6.85. The summed E-state index contributed by atoms with van der Waals surface area (Å²) in [6.07, 6.45) is 1.76. The summed E-state index contributed by atoms with van der Waals surface area (Å²) >= 11 is 3.56. The van der Waals surface area contributed by atoms with Gasteiger partial charge in [-0.3, -0.25) is 0 Å². The molecule has 3 N–H and O–H groups in total. The molecule has 0 saturated carbocycles. The number of aliphatic hydroxyl groups excluding tert-OH is 1. The summed E-state index contributed by atoms with van der Waals surface area (Å²) in [6.45, 7) is 3.72. The average molecular weight is 299 g/mol. The van der Waals surface area contributed by atoms with E-state index in [0.717, 1.165) is 41.7 Å². The zero-order valence-electron chi connectivity index (χ0n) is 10.1. The Morgan fingerprint density at radius 1 is 1.53 bits per heavy atom. The maximum absolute atomic E-state index is 9.68. The molecule has 0 amide bonds. The van der Waals surface area contributed by atoms with Crippen molar-refractivity contribution >= 4 is 21.6 Å². The minimum absolute atomic E-state index is 0.0328. The van der Waals surface area contributed by atoms with E-state index in [1.807, 2.05) is 6.92 Å². The molecule has 0 aliphatic carbocycles. The number of anilines is 1.